The maximum atomic E-state index is 14.5. The molecule has 1 unspecified atom stereocenters. The molecule has 27 heavy (non-hydrogen) atoms. The molecule has 5 rings (SSSR count). The van der Waals surface area contributed by atoms with Crippen molar-refractivity contribution in [2.24, 2.45) is 0 Å². The van der Waals surface area contributed by atoms with Crippen LogP contribution in [-0.2, 0) is 4.57 Å². The van der Waals surface area contributed by atoms with E-state index in [1.807, 2.05) is 24.3 Å². The van der Waals surface area contributed by atoms with Crippen LogP contribution in [0.15, 0.2) is 24.3 Å². The standard InChI is InChI=1S/C18H27N6O2P/c25-27(21-11-3-4-12-21,22-13-5-6-14-22)23-15-7-10-18(23)26-24-17-9-2-1-8-16(17)19-20-24/h1-2,8-9,18H,3-7,10-15H2. The highest BCUT2D eigenvalue weighted by Crippen LogP contribution is 2.61. The number of nitrogens with zero attached hydrogens (tertiary/aromatic N) is 6. The minimum absolute atomic E-state index is 0.234. The Morgan fingerprint density at radius 3 is 2.30 bits per heavy atom. The van der Waals surface area contributed by atoms with E-state index in [9.17, 15) is 4.57 Å². The zero-order chi connectivity index (χ0) is 18.3. The van der Waals surface area contributed by atoms with Crippen LogP contribution in [0.5, 0.6) is 0 Å². The minimum atomic E-state index is -2.78. The molecule has 1 aromatic carbocycles. The van der Waals surface area contributed by atoms with Gasteiger partial charge in [0.05, 0.1) is 0 Å². The van der Waals surface area contributed by atoms with Crippen LogP contribution in [0.25, 0.3) is 11.0 Å². The van der Waals surface area contributed by atoms with Crippen LogP contribution in [0.4, 0.5) is 0 Å². The molecule has 3 aliphatic heterocycles. The first-order valence-electron chi connectivity index (χ1n) is 10.1. The molecule has 4 heterocycles. The molecule has 0 spiro atoms. The molecule has 146 valence electrons. The van der Waals surface area contributed by atoms with Gasteiger partial charge >= 0.3 is 0 Å². The van der Waals surface area contributed by atoms with Crippen molar-refractivity contribution in [3.05, 3.63) is 24.3 Å². The van der Waals surface area contributed by atoms with Gasteiger partial charge in [0, 0.05) is 39.1 Å². The summed E-state index contributed by atoms with van der Waals surface area (Å²) in [5.41, 5.74) is 1.66. The lowest BCUT2D eigenvalue weighted by molar-refractivity contribution is -0.0293. The topological polar surface area (TPSA) is 66.7 Å². The summed E-state index contributed by atoms with van der Waals surface area (Å²) in [6.07, 6.45) is 6.14. The van der Waals surface area contributed by atoms with Crippen LogP contribution >= 0.6 is 7.59 Å². The fraction of sp³-hybridized carbons (Fsp3) is 0.667. The van der Waals surface area contributed by atoms with Gasteiger partial charge < -0.3 is 4.84 Å². The summed E-state index contributed by atoms with van der Waals surface area (Å²) in [5.74, 6) is 0. The Hall–Kier alpha value is -1.47. The van der Waals surface area contributed by atoms with Gasteiger partial charge in [-0.15, -0.1) is 5.10 Å². The molecule has 0 saturated carbocycles. The zero-order valence-electron chi connectivity index (χ0n) is 15.6. The summed E-state index contributed by atoms with van der Waals surface area (Å²) in [4.78, 5) is 7.76. The predicted octanol–water partition coefficient (Wildman–Crippen LogP) is 2.58. The second-order valence-corrected chi connectivity index (χ2v) is 10.3. The van der Waals surface area contributed by atoms with E-state index in [4.69, 9.17) is 4.84 Å². The first-order chi connectivity index (χ1) is 13.3. The van der Waals surface area contributed by atoms with Crippen molar-refractivity contribution in [1.29, 1.82) is 0 Å². The van der Waals surface area contributed by atoms with Gasteiger partial charge in [-0.1, -0.05) is 17.0 Å². The van der Waals surface area contributed by atoms with Crippen LogP contribution in [0, 0.1) is 0 Å². The summed E-state index contributed by atoms with van der Waals surface area (Å²) >= 11 is 0. The smallest absolute Gasteiger partial charge is 0.289 e. The van der Waals surface area contributed by atoms with E-state index in [1.165, 1.54) is 4.85 Å². The van der Waals surface area contributed by atoms with Crippen LogP contribution in [0.1, 0.15) is 38.5 Å². The highest BCUT2D eigenvalue weighted by Gasteiger charge is 2.50. The van der Waals surface area contributed by atoms with E-state index in [0.717, 1.165) is 82.3 Å². The van der Waals surface area contributed by atoms with Crippen LogP contribution in [-0.4, -0.2) is 68.1 Å². The molecular weight excluding hydrogens is 363 g/mol. The first kappa shape index (κ1) is 17.6. The number of aromatic nitrogens is 3. The monoisotopic (exact) mass is 390 g/mol. The second-order valence-electron chi connectivity index (χ2n) is 7.65. The third kappa shape index (κ3) is 2.99. The lowest BCUT2D eigenvalue weighted by Gasteiger charge is -2.42. The highest BCUT2D eigenvalue weighted by atomic mass is 31.2. The third-order valence-electron chi connectivity index (χ3n) is 5.95. The molecule has 0 radical (unpaired) electrons. The molecule has 3 fully saturated rings. The number of para-hydroxylation sites is 1. The predicted molar refractivity (Wildman–Crippen MR) is 103 cm³/mol. The molecule has 3 aliphatic rings. The molecule has 0 aliphatic carbocycles. The fourth-order valence-electron chi connectivity index (χ4n) is 4.59. The molecular formula is C18H27N6O2P. The molecule has 3 saturated heterocycles. The van der Waals surface area contributed by atoms with E-state index in [-0.39, 0.29) is 6.23 Å². The van der Waals surface area contributed by atoms with Gasteiger partial charge in [-0.2, -0.15) is 4.67 Å². The Bertz CT molecular complexity index is 825. The fourth-order valence-corrected chi connectivity index (χ4v) is 8.10. The Morgan fingerprint density at radius 1 is 0.926 bits per heavy atom. The Balaban J connectivity index is 1.45. The summed E-state index contributed by atoms with van der Waals surface area (Å²) in [7, 11) is -2.78. The quantitative estimate of drug-likeness (QED) is 0.727. The normalized spacial score (nSPS) is 25.7. The van der Waals surface area contributed by atoms with Crippen molar-refractivity contribution in [3.8, 4) is 0 Å². The molecule has 0 N–H and O–H groups in total. The van der Waals surface area contributed by atoms with Crippen LogP contribution < -0.4 is 4.84 Å². The zero-order valence-corrected chi connectivity index (χ0v) is 16.5. The Morgan fingerprint density at radius 2 is 1.59 bits per heavy atom. The number of hydrogen-bond acceptors (Lipinski definition) is 4. The molecule has 8 nitrogen and oxygen atoms in total. The largest absolute Gasteiger partial charge is 0.375 e. The van der Waals surface area contributed by atoms with Crippen molar-refractivity contribution < 1.29 is 9.40 Å². The van der Waals surface area contributed by atoms with Gasteiger partial charge in [0.15, 0.2) is 6.23 Å². The van der Waals surface area contributed by atoms with E-state index in [0.29, 0.717) is 0 Å². The summed E-state index contributed by atoms with van der Waals surface area (Å²) in [6, 6.07) is 7.78. The van der Waals surface area contributed by atoms with E-state index in [1.54, 1.807) is 0 Å². The third-order valence-corrected chi connectivity index (χ3v) is 9.35. The Kier molecular flexibility index (Phi) is 4.68. The maximum absolute atomic E-state index is 14.5. The lowest BCUT2D eigenvalue weighted by Crippen LogP contribution is -2.44. The number of fused-ring (bicyclic) bond motifs is 1. The maximum Gasteiger partial charge on any atom is 0.289 e. The summed E-state index contributed by atoms with van der Waals surface area (Å²) in [5, 5.41) is 8.35. The van der Waals surface area contributed by atoms with Crippen molar-refractivity contribution >= 4 is 18.6 Å². The average Bonchev–Trinajstić information content (AvgIpc) is 3.49. The molecule has 1 atom stereocenters. The van der Waals surface area contributed by atoms with Crippen molar-refractivity contribution in [1.82, 2.24) is 29.2 Å². The van der Waals surface area contributed by atoms with E-state index in [2.05, 4.69) is 24.3 Å². The summed E-state index contributed by atoms with van der Waals surface area (Å²) in [6.45, 7) is 4.49. The highest BCUT2D eigenvalue weighted by molar-refractivity contribution is 7.56. The van der Waals surface area contributed by atoms with Crippen molar-refractivity contribution in [2.75, 3.05) is 32.7 Å². The van der Waals surface area contributed by atoms with Gasteiger partial charge in [-0.3, -0.25) is 4.57 Å². The molecule has 9 heteroatoms. The van der Waals surface area contributed by atoms with Gasteiger partial charge in [0.2, 0.25) is 0 Å². The first-order valence-corrected chi connectivity index (χ1v) is 11.7. The second kappa shape index (κ2) is 7.17. The van der Waals surface area contributed by atoms with Gasteiger partial charge in [-0.05, 0) is 49.5 Å². The van der Waals surface area contributed by atoms with Gasteiger partial charge in [-0.25, -0.2) is 9.34 Å². The van der Waals surface area contributed by atoms with Crippen LogP contribution in [0.3, 0.4) is 0 Å². The summed E-state index contributed by atoms with van der Waals surface area (Å²) < 4.78 is 21.1. The van der Waals surface area contributed by atoms with Crippen LogP contribution in [0.2, 0.25) is 0 Å². The number of hydrogen-bond donors (Lipinski definition) is 0. The lowest BCUT2D eigenvalue weighted by atomic mass is 10.3. The average molecular weight is 390 g/mol. The van der Waals surface area contributed by atoms with Crippen molar-refractivity contribution in [3.63, 3.8) is 0 Å². The SMILES string of the molecule is O=P(N1CCCC1)(N1CCCC1)N1CCCC1On1nnc2ccccc21. The minimum Gasteiger partial charge on any atom is -0.375 e. The molecule has 2 aromatic rings. The van der Waals surface area contributed by atoms with Crippen molar-refractivity contribution in [2.45, 2.75) is 44.8 Å². The van der Waals surface area contributed by atoms with Gasteiger partial charge in [0.1, 0.15) is 11.0 Å². The number of benzene rings is 1. The molecule has 0 amide bonds. The van der Waals surface area contributed by atoms with Gasteiger partial charge in [0.25, 0.3) is 7.59 Å². The van der Waals surface area contributed by atoms with E-state index >= 15 is 0 Å². The number of rotatable bonds is 5. The Labute approximate surface area is 159 Å². The van der Waals surface area contributed by atoms with E-state index < -0.39 is 7.59 Å². The molecule has 0 bridgehead atoms. The molecule has 1 aromatic heterocycles.